The molecule has 1 amide bonds. The lowest BCUT2D eigenvalue weighted by molar-refractivity contribution is -0.113. The maximum Gasteiger partial charge on any atom is 0.236 e. The van der Waals surface area contributed by atoms with Crippen LogP contribution in [0.2, 0.25) is 0 Å². The van der Waals surface area contributed by atoms with Gasteiger partial charge in [-0.25, -0.2) is 9.66 Å². The molecule has 2 aromatic rings. The number of thiazole rings is 1. The Morgan fingerprint density at radius 2 is 2.40 bits per heavy atom. The van der Waals surface area contributed by atoms with Gasteiger partial charge in [-0.1, -0.05) is 11.8 Å². The van der Waals surface area contributed by atoms with Crippen molar-refractivity contribution >= 4 is 45.9 Å². The van der Waals surface area contributed by atoms with Crippen LogP contribution in [0.5, 0.6) is 0 Å². The van der Waals surface area contributed by atoms with E-state index in [1.54, 1.807) is 23.3 Å². The fraction of sp³-hybridized carbons (Fsp3) is 0.400. The van der Waals surface area contributed by atoms with Gasteiger partial charge in [0.1, 0.15) is 0 Å². The Labute approximate surface area is 128 Å². The molecular formula is C10H14N6OS3. The molecule has 0 fully saturated rings. The molecule has 20 heavy (non-hydrogen) atoms. The Balaban J connectivity index is 1.84. The largest absolute Gasteiger partial charge is 0.336 e. The van der Waals surface area contributed by atoms with Crippen LogP contribution in [0.1, 0.15) is 5.82 Å². The van der Waals surface area contributed by atoms with E-state index in [-0.39, 0.29) is 11.7 Å². The molecule has 7 nitrogen and oxygen atoms in total. The molecule has 0 aromatic carbocycles. The van der Waals surface area contributed by atoms with Crippen molar-refractivity contribution in [3.8, 4) is 0 Å². The number of nitrogens with zero attached hydrogens (tertiary/aromatic N) is 4. The number of thioether (sulfide) groups is 2. The van der Waals surface area contributed by atoms with Gasteiger partial charge < -0.3 is 11.2 Å². The van der Waals surface area contributed by atoms with Gasteiger partial charge in [-0.05, 0) is 6.26 Å². The SMILES string of the molecule is CSCCc1nnc(SCC(=O)Nc2nccs2)n1N. The number of nitrogens with two attached hydrogens (primary N) is 1. The zero-order chi connectivity index (χ0) is 14.4. The van der Waals surface area contributed by atoms with Crippen molar-refractivity contribution < 1.29 is 4.79 Å². The summed E-state index contributed by atoms with van der Waals surface area (Å²) >= 11 is 4.35. The van der Waals surface area contributed by atoms with Gasteiger partial charge in [0, 0.05) is 23.8 Å². The number of anilines is 1. The van der Waals surface area contributed by atoms with E-state index in [1.807, 2.05) is 6.26 Å². The van der Waals surface area contributed by atoms with Gasteiger partial charge >= 0.3 is 0 Å². The van der Waals surface area contributed by atoms with E-state index in [2.05, 4.69) is 20.5 Å². The van der Waals surface area contributed by atoms with Crippen LogP contribution in [0.15, 0.2) is 16.7 Å². The summed E-state index contributed by atoms with van der Waals surface area (Å²) in [5.74, 6) is 7.62. The van der Waals surface area contributed by atoms with Crippen molar-refractivity contribution in [1.82, 2.24) is 19.9 Å². The number of hydrogen-bond donors (Lipinski definition) is 2. The van der Waals surface area contributed by atoms with Gasteiger partial charge in [-0.2, -0.15) is 11.8 Å². The summed E-state index contributed by atoms with van der Waals surface area (Å²) in [6.07, 6.45) is 4.42. The second kappa shape index (κ2) is 7.50. The van der Waals surface area contributed by atoms with Crippen LogP contribution in [0, 0.1) is 0 Å². The van der Waals surface area contributed by atoms with E-state index >= 15 is 0 Å². The molecule has 3 N–H and O–H groups in total. The lowest BCUT2D eigenvalue weighted by Gasteiger charge is -2.03. The number of carbonyl (C=O) groups is 1. The van der Waals surface area contributed by atoms with E-state index in [1.165, 1.54) is 27.8 Å². The number of amides is 1. The summed E-state index contributed by atoms with van der Waals surface area (Å²) in [7, 11) is 0. The highest BCUT2D eigenvalue weighted by Crippen LogP contribution is 2.16. The Morgan fingerprint density at radius 1 is 1.55 bits per heavy atom. The number of carbonyl (C=O) groups excluding carboxylic acids is 1. The van der Waals surface area contributed by atoms with Gasteiger partial charge in [-0.15, -0.1) is 21.5 Å². The van der Waals surface area contributed by atoms with Crippen molar-refractivity contribution in [3.63, 3.8) is 0 Å². The van der Waals surface area contributed by atoms with Crippen molar-refractivity contribution in [2.75, 3.05) is 28.9 Å². The van der Waals surface area contributed by atoms with Crippen LogP contribution in [-0.4, -0.2) is 43.5 Å². The van der Waals surface area contributed by atoms with Crippen LogP contribution in [-0.2, 0) is 11.2 Å². The molecule has 0 spiro atoms. The van der Waals surface area contributed by atoms with E-state index in [0.717, 1.165) is 18.0 Å². The monoisotopic (exact) mass is 330 g/mol. The maximum atomic E-state index is 11.7. The summed E-state index contributed by atoms with van der Waals surface area (Å²) in [4.78, 5) is 15.7. The summed E-state index contributed by atoms with van der Waals surface area (Å²) in [6, 6.07) is 0. The number of rotatable bonds is 7. The number of nitrogens with one attached hydrogen (secondary N) is 1. The van der Waals surface area contributed by atoms with Crippen LogP contribution >= 0.6 is 34.9 Å². The molecule has 0 radical (unpaired) electrons. The third-order valence-corrected chi connectivity index (χ3v) is 4.52. The number of aryl methyl sites for hydroxylation is 1. The lowest BCUT2D eigenvalue weighted by Crippen LogP contribution is -2.17. The molecule has 0 aliphatic carbocycles. The Hall–Kier alpha value is -1.26. The van der Waals surface area contributed by atoms with Crippen molar-refractivity contribution in [3.05, 3.63) is 17.4 Å². The van der Waals surface area contributed by atoms with Crippen molar-refractivity contribution in [2.45, 2.75) is 11.6 Å². The smallest absolute Gasteiger partial charge is 0.236 e. The summed E-state index contributed by atoms with van der Waals surface area (Å²) < 4.78 is 1.44. The molecule has 2 aromatic heterocycles. The minimum absolute atomic E-state index is 0.140. The average Bonchev–Trinajstić information content (AvgIpc) is 3.05. The predicted octanol–water partition coefficient (Wildman–Crippen LogP) is 1.08. The zero-order valence-corrected chi connectivity index (χ0v) is 13.2. The highest BCUT2D eigenvalue weighted by molar-refractivity contribution is 7.99. The highest BCUT2D eigenvalue weighted by atomic mass is 32.2. The first-order chi connectivity index (χ1) is 9.70. The molecule has 2 rings (SSSR count). The fourth-order valence-corrected chi connectivity index (χ4v) is 2.95. The molecular weight excluding hydrogens is 316 g/mol. The first kappa shape index (κ1) is 15.1. The molecule has 0 bridgehead atoms. The van der Waals surface area contributed by atoms with Crippen LogP contribution in [0.3, 0.4) is 0 Å². The first-order valence-electron chi connectivity index (χ1n) is 5.71. The van der Waals surface area contributed by atoms with Crippen LogP contribution in [0.4, 0.5) is 5.13 Å². The molecule has 2 heterocycles. The minimum atomic E-state index is -0.140. The lowest BCUT2D eigenvalue weighted by atomic mass is 10.5. The van der Waals surface area contributed by atoms with E-state index in [0.29, 0.717) is 10.3 Å². The molecule has 108 valence electrons. The second-order valence-electron chi connectivity index (χ2n) is 3.69. The second-order valence-corrected chi connectivity index (χ2v) is 6.51. The van der Waals surface area contributed by atoms with E-state index < -0.39 is 0 Å². The topological polar surface area (TPSA) is 98.7 Å². The fourth-order valence-electron chi connectivity index (χ4n) is 1.34. The Morgan fingerprint density at radius 3 is 3.10 bits per heavy atom. The molecule has 0 unspecified atom stereocenters. The quantitative estimate of drug-likeness (QED) is 0.579. The van der Waals surface area contributed by atoms with Gasteiger partial charge in [0.05, 0.1) is 5.75 Å². The molecule has 0 aliphatic rings. The third kappa shape index (κ3) is 4.12. The number of aromatic nitrogens is 4. The summed E-state index contributed by atoms with van der Waals surface area (Å²) in [6.45, 7) is 0. The van der Waals surface area contributed by atoms with E-state index in [9.17, 15) is 4.79 Å². The zero-order valence-electron chi connectivity index (χ0n) is 10.8. The molecule has 0 aliphatic heterocycles. The van der Waals surface area contributed by atoms with Gasteiger partial charge in [-0.3, -0.25) is 4.79 Å². The van der Waals surface area contributed by atoms with Gasteiger partial charge in [0.2, 0.25) is 11.1 Å². The maximum absolute atomic E-state index is 11.7. The standard InChI is InChI=1S/C10H14N6OS3/c1-18-4-2-7-14-15-10(16(7)11)20-6-8(17)13-9-12-3-5-19-9/h3,5H,2,4,6,11H2,1H3,(H,12,13,17). The Kier molecular flexibility index (Phi) is 5.68. The third-order valence-electron chi connectivity index (χ3n) is 2.28. The first-order valence-corrected chi connectivity index (χ1v) is 8.97. The minimum Gasteiger partial charge on any atom is -0.336 e. The molecule has 10 heteroatoms. The van der Waals surface area contributed by atoms with E-state index in [4.69, 9.17) is 5.84 Å². The normalized spacial score (nSPS) is 10.7. The van der Waals surface area contributed by atoms with Gasteiger partial charge in [0.25, 0.3) is 0 Å². The van der Waals surface area contributed by atoms with Crippen LogP contribution in [0.25, 0.3) is 0 Å². The van der Waals surface area contributed by atoms with Crippen molar-refractivity contribution in [1.29, 1.82) is 0 Å². The van der Waals surface area contributed by atoms with Crippen LogP contribution < -0.4 is 11.2 Å². The predicted molar refractivity (Wildman–Crippen MR) is 83.7 cm³/mol. The number of nitrogen functional groups attached to an aromatic ring is 1. The van der Waals surface area contributed by atoms with Gasteiger partial charge in [0.15, 0.2) is 11.0 Å². The molecule has 0 saturated heterocycles. The molecule has 0 atom stereocenters. The molecule has 0 saturated carbocycles. The number of hydrogen-bond acceptors (Lipinski definition) is 8. The van der Waals surface area contributed by atoms with Crippen molar-refractivity contribution in [2.24, 2.45) is 0 Å². The summed E-state index contributed by atoms with van der Waals surface area (Å²) in [5.41, 5.74) is 0. The average molecular weight is 330 g/mol. The Bertz CT molecular complexity index is 555. The highest BCUT2D eigenvalue weighted by Gasteiger charge is 2.12. The summed E-state index contributed by atoms with van der Waals surface area (Å²) in [5, 5.41) is 13.6.